The van der Waals surface area contributed by atoms with E-state index < -0.39 is 24.6 Å². The maximum Gasteiger partial charge on any atom is 0.416 e. The number of amides is 2. The molecule has 1 aromatic carbocycles. The molecule has 9 nitrogen and oxygen atoms in total. The summed E-state index contributed by atoms with van der Waals surface area (Å²) in [5.41, 5.74) is 0.141. The molecule has 1 fully saturated rings. The molecule has 0 aromatic heterocycles. The number of cyclic esters (lactones) is 1. The molecule has 0 unspecified atom stereocenters. The molecule has 2 amide bonds. The van der Waals surface area contributed by atoms with Crippen molar-refractivity contribution < 1.29 is 38.1 Å². The summed E-state index contributed by atoms with van der Waals surface area (Å²) >= 11 is 0. The Morgan fingerprint density at radius 3 is 2.11 bits per heavy atom. The largest absolute Gasteiger partial charge is 0.490 e. The molecule has 0 radical (unpaired) electrons. The Morgan fingerprint density at radius 1 is 1.04 bits per heavy atom. The number of imide groups is 1. The van der Waals surface area contributed by atoms with Gasteiger partial charge in [-0.2, -0.15) is 0 Å². The Labute approximate surface area is 157 Å². The molecule has 148 valence electrons. The number of hydrogen-bond donors (Lipinski definition) is 0. The number of benzene rings is 1. The van der Waals surface area contributed by atoms with Crippen LogP contribution < -0.4 is 14.2 Å². The van der Waals surface area contributed by atoms with Gasteiger partial charge in [0, 0.05) is 0 Å². The highest BCUT2D eigenvalue weighted by atomic mass is 16.6. The smallest absolute Gasteiger partial charge is 0.416 e. The van der Waals surface area contributed by atoms with Crippen LogP contribution in [0, 0.1) is 0 Å². The summed E-state index contributed by atoms with van der Waals surface area (Å²) in [4.78, 5) is 36.6. The third-order valence-electron chi connectivity index (χ3n) is 3.53. The first-order valence-corrected chi connectivity index (χ1v) is 8.72. The molecule has 1 aliphatic heterocycles. The van der Waals surface area contributed by atoms with E-state index in [1.165, 1.54) is 12.1 Å². The van der Waals surface area contributed by atoms with Gasteiger partial charge in [-0.1, -0.05) is 0 Å². The average Bonchev–Trinajstić information content (AvgIpc) is 3.08. The number of rotatable bonds is 9. The van der Waals surface area contributed by atoms with E-state index in [-0.39, 0.29) is 18.7 Å². The minimum atomic E-state index is -0.749. The van der Waals surface area contributed by atoms with Crippen molar-refractivity contribution in [1.29, 1.82) is 0 Å². The lowest BCUT2D eigenvalue weighted by Gasteiger charge is -2.17. The van der Waals surface area contributed by atoms with E-state index in [1.54, 1.807) is 13.8 Å². The first kappa shape index (κ1) is 20.3. The quantitative estimate of drug-likeness (QED) is 0.599. The minimum Gasteiger partial charge on any atom is -0.490 e. The summed E-state index contributed by atoms with van der Waals surface area (Å²) in [7, 11) is 0. The van der Waals surface area contributed by atoms with E-state index in [9.17, 15) is 14.4 Å². The second kappa shape index (κ2) is 9.65. The van der Waals surface area contributed by atoms with E-state index in [1.807, 2.05) is 6.92 Å². The van der Waals surface area contributed by atoms with Gasteiger partial charge in [-0.15, -0.1) is 0 Å². The zero-order valence-electron chi connectivity index (χ0n) is 15.6. The maximum absolute atomic E-state index is 12.4. The predicted octanol–water partition coefficient (Wildman–Crippen LogP) is 2.02. The van der Waals surface area contributed by atoms with Crippen molar-refractivity contribution in [2.45, 2.75) is 20.8 Å². The van der Waals surface area contributed by atoms with E-state index >= 15 is 0 Å². The summed E-state index contributed by atoms with van der Waals surface area (Å²) in [6.07, 6.45) is -0.741. The predicted molar refractivity (Wildman–Crippen MR) is 93.3 cm³/mol. The van der Waals surface area contributed by atoms with Crippen LogP contribution in [-0.4, -0.2) is 62.4 Å². The Hall–Kier alpha value is -2.97. The maximum atomic E-state index is 12.4. The average molecular weight is 381 g/mol. The van der Waals surface area contributed by atoms with E-state index in [0.717, 1.165) is 4.90 Å². The molecule has 0 atom stereocenters. The molecule has 2 rings (SSSR count). The SMILES string of the molecule is CCOc1cc(C(=O)OCC(=O)N2CCOC2=O)cc(OCC)c1OCC. The lowest BCUT2D eigenvalue weighted by molar-refractivity contribution is -0.131. The summed E-state index contributed by atoms with van der Waals surface area (Å²) in [6.45, 7) is 6.24. The molecular weight excluding hydrogens is 358 g/mol. The Kier molecular flexibility index (Phi) is 7.27. The summed E-state index contributed by atoms with van der Waals surface area (Å²) < 4.78 is 26.4. The van der Waals surface area contributed by atoms with E-state index in [4.69, 9.17) is 18.9 Å². The Morgan fingerprint density at radius 2 is 1.63 bits per heavy atom. The van der Waals surface area contributed by atoms with Crippen LogP contribution in [0.15, 0.2) is 12.1 Å². The summed E-state index contributed by atoms with van der Waals surface area (Å²) in [5, 5.41) is 0. The lowest BCUT2D eigenvalue weighted by atomic mass is 10.2. The highest BCUT2D eigenvalue weighted by Gasteiger charge is 2.29. The van der Waals surface area contributed by atoms with Gasteiger partial charge in [0.25, 0.3) is 5.91 Å². The molecule has 9 heteroatoms. The number of hydrogen-bond acceptors (Lipinski definition) is 8. The lowest BCUT2D eigenvalue weighted by Crippen LogP contribution is -2.35. The molecule has 0 N–H and O–H groups in total. The molecule has 1 aliphatic rings. The molecule has 1 heterocycles. The fraction of sp³-hybridized carbons (Fsp3) is 0.500. The van der Waals surface area contributed by atoms with Crippen LogP contribution >= 0.6 is 0 Å². The highest BCUT2D eigenvalue weighted by molar-refractivity contribution is 5.96. The van der Waals surface area contributed by atoms with Crippen molar-refractivity contribution in [3.8, 4) is 17.2 Å². The van der Waals surface area contributed by atoms with Gasteiger partial charge in [0.15, 0.2) is 18.1 Å². The molecule has 0 saturated carbocycles. The van der Waals surface area contributed by atoms with Crippen molar-refractivity contribution in [2.24, 2.45) is 0 Å². The fourth-order valence-corrected chi connectivity index (χ4v) is 2.42. The minimum absolute atomic E-state index is 0.132. The van der Waals surface area contributed by atoms with Crippen LogP contribution in [0.5, 0.6) is 17.2 Å². The van der Waals surface area contributed by atoms with E-state index in [0.29, 0.717) is 37.1 Å². The van der Waals surface area contributed by atoms with Crippen molar-refractivity contribution >= 4 is 18.0 Å². The first-order valence-electron chi connectivity index (χ1n) is 8.72. The van der Waals surface area contributed by atoms with Crippen LogP contribution in [0.3, 0.4) is 0 Å². The third-order valence-corrected chi connectivity index (χ3v) is 3.53. The molecular formula is C18H23NO8. The van der Waals surface area contributed by atoms with Gasteiger partial charge in [0.2, 0.25) is 5.75 Å². The number of carbonyl (C=O) groups is 3. The van der Waals surface area contributed by atoms with Crippen molar-refractivity contribution in [2.75, 3.05) is 39.6 Å². The van der Waals surface area contributed by atoms with Crippen LogP contribution in [0.25, 0.3) is 0 Å². The van der Waals surface area contributed by atoms with Crippen LogP contribution in [0.2, 0.25) is 0 Å². The zero-order chi connectivity index (χ0) is 19.8. The first-order chi connectivity index (χ1) is 13.0. The van der Waals surface area contributed by atoms with Crippen LogP contribution in [0.1, 0.15) is 31.1 Å². The van der Waals surface area contributed by atoms with Gasteiger partial charge in [0.1, 0.15) is 6.61 Å². The van der Waals surface area contributed by atoms with Gasteiger partial charge in [-0.3, -0.25) is 4.79 Å². The highest BCUT2D eigenvalue weighted by Crippen LogP contribution is 2.39. The fourth-order valence-electron chi connectivity index (χ4n) is 2.42. The third kappa shape index (κ3) is 5.02. The topological polar surface area (TPSA) is 101 Å². The number of nitrogens with zero attached hydrogens (tertiary/aromatic N) is 1. The second-order valence-corrected chi connectivity index (χ2v) is 5.34. The van der Waals surface area contributed by atoms with Crippen molar-refractivity contribution in [1.82, 2.24) is 4.90 Å². The standard InChI is InChI=1S/C18H23NO8/c1-4-23-13-9-12(10-14(24-5-2)16(13)25-6-3)17(21)27-11-15(20)19-7-8-26-18(19)22/h9-10H,4-8,11H2,1-3H3. The van der Waals surface area contributed by atoms with Gasteiger partial charge in [-0.05, 0) is 32.9 Å². The van der Waals surface area contributed by atoms with Crippen LogP contribution in [0.4, 0.5) is 4.79 Å². The molecule has 0 aliphatic carbocycles. The van der Waals surface area contributed by atoms with Gasteiger partial charge in [0.05, 0.1) is 31.9 Å². The number of carbonyl (C=O) groups excluding carboxylic acids is 3. The Balaban J connectivity index is 2.16. The Bertz CT molecular complexity index is 676. The molecule has 1 aromatic rings. The van der Waals surface area contributed by atoms with Gasteiger partial charge >= 0.3 is 12.1 Å². The molecule has 27 heavy (non-hydrogen) atoms. The second-order valence-electron chi connectivity index (χ2n) is 5.34. The number of ether oxygens (including phenoxy) is 5. The molecule has 1 saturated heterocycles. The van der Waals surface area contributed by atoms with Crippen molar-refractivity contribution in [3.05, 3.63) is 17.7 Å². The monoisotopic (exact) mass is 381 g/mol. The van der Waals surface area contributed by atoms with Gasteiger partial charge in [-0.25, -0.2) is 14.5 Å². The van der Waals surface area contributed by atoms with Crippen molar-refractivity contribution in [3.63, 3.8) is 0 Å². The van der Waals surface area contributed by atoms with Gasteiger partial charge < -0.3 is 23.7 Å². The molecule has 0 bridgehead atoms. The number of esters is 1. The zero-order valence-corrected chi connectivity index (χ0v) is 15.6. The van der Waals surface area contributed by atoms with Crippen LogP contribution in [-0.2, 0) is 14.3 Å². The van der Waals surface area contributed by atoms with E-state index in [2.05, 4.69) is 4.74 Å². The molecule has 0 spiro atoms. The summed E-state index contributed by atoms with van der Waals surface area (Å²) in [6, 6.07) is 2.93. The normalized spacial score (nSPS) is 13.1. The summed E-state index contributed by atoms with van der Waals surface area (Å²) in [5.74, 6) is -0.320.